The summed E-state index contributed by atoms with van der Waals surface area (Å²) in [4.78, 5) is 49.1. The third kappa shape index (κ3) is 14.4. The van der Waals surface area contributed by atoms with Crippen molar-refractivity contribution >= 4 is 24.4 Å². The van der Waals surface area contributed by atoms with Crippen LogP contribution >= 0.6 is 0 Å². The molecule has 0 spiro atoms. The quantitative estimate of drug-likeness (QED) is 0.165. The molecule has 1 aromatic carbocycles. The van der Waals surface area contributed by atoms with Gasteiger partial charge in [0.25, 0.3) is 0 Å². The number of carbonyl (C=O) groups is 4. The summed E-state index contributed by atoms with van der Waals surface area (Å²) in [5, 5.41) is 0. The van der Waals surface area contributed by atoms with Crippen LogP contribution in [0.3, 0.4) is 0 Å². The summed E-state index contributed by atoms with van der Waals surface area (Å²) in [5.41, 5.74) is 6.31. The van der Waals surface area contributed by atoms with Gasteiger partial charge in [-0.2, -0.15) is 0 Å². The van der Waals surface area contributed by atoms with E-state index in [0.29, 0.717) is 5.56 Å². The summed E-state index contributed by atoms with van der Waals surface area (Å²) in [7, 11) is 0. The largest absolute Gasteiger partial charge is 0.514 e. The Morgan fingerprint density at radius 3 is 1.76 bits per heavy atom. The second-order valence-electron chi connectivity index (χ2n) is 12.1. The molecule has 0 radical (unpaired) electrons. The molecule has 4 atom stereocenters. The first kappa shape index (κ1) is 36.5. The number of rotatable bonds is 13. The molecule has 0 aliphatic heterocycles. The Balaban J connectivity index is 2.90. The maximum absolute atomic E-state index is 12.6. The number of hydrogen-bond donors (Lipinski definition) is 1. The van der Waals surface area contributed by atoms with Gasteiger partial charge in [0.15, 0.2) is 11.5 Å². The van der Waals surface area contributed by atoms with Gasteiger partial charge in [0, 0.05) is 0 Å². The molecule has 0 saturated heterocycles. The van der Waals surface area contributed by atoms with Crippen LogP contribution < -0.4 is 15.2 Å². The number of carbonyl (C=O) groups excluding carboxylic acids is 4. The Morgan fingerprint density at radius 1 is 0.738 bits per heavy atom. The van der Waals surface area contributed by atoms with E-state index in [0.717, 1.165) is 0 Å². The molecule has 12 heteroatoms. The lowest BCUT2D eigenvalue weighted by Gasteiger charge is -2.20. The fourth-order valence-electron chi connectivity index (χ4n) is 2.81. The van der Waals surface area contributed by atoms with Crippen LogP contribution in [0, 0.1) is 17.3 Å². The summed E-state index contributed by atoms with van der Waals surface area (Å²) in [6.45, 7) is 18.2. The predicted octanol–water partition coefficient (Wildman–Crippen LogP) is 5.81. The van der Waals surface area contributed by atoms with Crippen molar-refractivity contribution in [3.63, 3.8) is 0 Å². The summed E-state index contributed by atoms with van der Waals surface area (Å²) in [6.07, 6.45) is -4.48. The normalized spacial score (nSPS) is 14.3. The highest BCUT2D eigenvalue weighted by molar-refractivity contribution is 5.76. The molecule has 238 valence electrons. The van der Waals surface area contributed by atoms with Gasteiger partial charge < -0.3 is 38.9 Å². The molecule has 0 heterocycles. The zero-order chi connectivity index (χ0) is 32.2. The minimum Gasteiger partial charge on any atom is -0.458 e. The number of benzene rings is 1. The number of ether oxygens (including phenoxy) is 7. The van der Waals surface area contributed by atoms with Crippen molar-refractivity contribution in [1.82, 2.24) is 0 Å². The average Bonchev–Trinajstić information content (AvgIpc) is 2.86. The summed E-state index contributed by atoms with van der Waals surface area (Å²) >= 11 is 0. The van der Waals surface area contributed by atoms with E-state index in [4.69, 9.17) is 38.9 Å². The van der Waals surface area contributed by atoms with Crippen LogP contribution in [0.5, 0.6) is 11.5 Å². The minimum atomic E-state index is -1.11. The third-order valence-corrected chi connectivity index (χ3v) is 5.97. The first-order chi connectivity index (χ1) is 19.4. The smallest absolute Gasteiger partial charge is 0.458 e. The number of nitrogens with two attached hydrogens (primary N) is 1. The standard InChI is InChI=1S/C30H47NO11/c1-17(2)20(6)39-28(34)41-24-12-11-22(14-25(24)42-29(35)40-21(7)18(3)4)13-23(31)26(32)38-19(5)15-36-27(33)37-16-30(8,9)10/h11-12,14,17-21,23H,13,15-16,31H2,1-10H3/t19?,20-,21?,23-/m0/s1. The molecule has 1 rings (SSSR count). The molecule has 0 saturated carbocycles. The van der Waals surface area contributed by atoms with E-state index in [1.54, 1.807) is 26.8 Å². The highest BCUT2D eigenvalue weighted by Crippen LogP contribution is 2.30. The van der Waals surface area contributed by atoms with Crippen LogP contribution in [-0.4, -0.2) is 62.0 Å². The van der Waals surface area contributed by atoms with Crippen molar-refractivity contribution < 1.29 is 52.3 Å². The fourth-order valence-corrected chi connectivity index (χ4v) is 2.81. The van der Waals surface area contributed by atoms with Gasteiger partial charge in [0.2, 0.25) is 0 Å². The van der Waals surface area contributed by atoms with Crippen molar-refractivity contribution in [3.05, 3.63) is 23.8 Å². The van der Waals surface area contributed by atoms with Gasteiger partial charge >= 0.3 is 24.4 Å². The zero-order valence-corrected chi connectivity index (χ0v) is 26.4. The van der Waals surface area contributed by atoms with E-state index in [2.05, 4.69) is 0 Å². The molecule has 42 heavy (non-hydrogen) atoms. The van der Waals surface area contributed by atoms with Crippen LogP contribution in [0.25, 0.3) is 0 Å². The van der Waals surface area contributed by atoms with Gasteiger partial charge in [0.05, 0.1) is 6.61 Å². The third-order valence-electron chi connectivity index (χ3n) is 5.97. The molecule has 0 amide bonds. The molecule has 0 bridgehead atoms. The number of hydrogen-bond acceptors (Lipinski definition) is 12. The van der Waals surface area contributed by atoms with Crippen molar-refractivity contribution in [3.8, 4) is 11.5 Å². The van der Waals surface area contributed by atoms with E-state index < -0.39 is 48.8 Å². The van der Waals surface area contributed by atoms with Crippen LogP contribution in [0.1, 0.15) is 74.8 Å². The Hall–Kier alpha value is -3.54. The van der Waals surface area contributed by atoms with E-state index in [-0.39, 0.29) is 48.4 Å². The first-order valence-corrected chi connectivity index (χ1v) is 14.0. The molecular formula is C30H47NO11. The second kappa shape index (κ2) is 16.8. The predicted molar refractivity (Wildman–Crippen MR) is 153 cm³/mol. The van der Waals surface area contributed by atoms with Gasteiger partial charge in [-0.25, -0.2) is 14.4 Å². The van der Waals surface area contributed by atoms with Crippen molar-refractivity contribution in [2.75, 3.05) is 13.2 Å². The molecule has 1 aromatic rings. The van der Waals surface area contributed by atoms with Gasteiger partial charge in [-0.3, -0.25) is 4.79 Å². The van der Waals surface area contributed by atoms with Gasteiger partial charge in [0.1, 0.15) is 31.0 Å². The molecule has 12 nitrogen and oxygen atoms in total. The average molecular weight is 598 g/mol. The second-order valence-corrected chi connectivity index (χ2v) is 12.1. The molecule has 0 fully saturated rings. The Kier molecular flexibility index (Phi) is 14.6. The lowest BCUT2D eigenvalue weighted by Crippen LogP contribution is -2.37. The maximum atomic E-state index is 12.6. The van der Waals surface area contributed by atoms with E-state index in [1.807, 2.05) is 48.5 Å². The Morgan fingerprint density at radius 2 is 1.26 bits per heavy atom. The maximum Gasteiger partial charge on any atom is 0.514 e. The minimum absolute atomic E-state index is 0.0110. The van der Waals surface area contributed by atoms with Crippen LogP contribution in [0.2, 0.25) is 0 Å². The molecule has 0 aliphatic carbocycles. The number of esters is 1. The zero-order valence-electron chi connectivity index (χ0n) is 26.4. The van der Waals surface area contributed by atoms with Gasteiger partial charge in [-0.05, 0) is 62.1 Å². The Labute approximate surface area is 248 Å². The van der Waals surface area contributed by atoms with Crippen LogP contribution in [-0.2, 0) is 34.9 Å². The Bertz CT molecular complexity index is 1050. The monoisotopic (exact) mass is 597 g/mol. The molecule has 2 N–H and O–H groups in total. The molecular weight excluding hydrogens is 550 g/mol. The summed E-state index contributed by atoms with van der Waals surface area (Å²) in [6, 6.07) is 3.24. The summed E-state index contributed by atoms with van der Waals surface area (Å²) < 4.78 is 36.4. The lowest BCUT2D eigenvalue weighted by atomic mass is 9.99. The fraction of sp³-hybridized carbons (Fsp3) is 0.667. The van der Waals surface area contributed by atoms with Crippen LogP contribution in [0.4, 0.5) is 14.4 Å². The summed E-state index contributed by atoms with van der Waals surface area (Å²) in [5.74, 6) is -0.861. The van der Waals surface area contributed by atoms with E-state index >= 15 is 0 Å². The first-order valence-electron chi connectivity index (χ1n) is 14.0. The van der Waals surface area contributed by atoms with Crippen LogP contribution in [0.15, 0.2) is 18.2 Å². The highest BCUT2D eigenvalue weighted by Gasteiger charge is 2.24. The van der Waals surface area contributed by atoms with Gasteiger partial charge in [-0.1, -0.05) is 54.5 Å². The van der Waals surface area contributed by atoms with Crippen molar-refractivity contribution in [1.29, 1.82) is 0 Å². The molecule has 0 aromatic heterocycles. The molecule has 0 aliphatic rings. The van der Waals surface area contributed by atoms with Gasteiger partial charge in [-0.15, -0.1) is 0 Å². The lowest BCUT2D eigenvalue weighted by molar-refractivity contribution is -0.152. The SMILES string of the molecule is CC(COC(=O)OCC(C)(C)C)OC(=O)[C@@H](N)Cc1ccc(OC(=O)O[C@@H](C)C(C)C)c(OC(=O)OC(C)C(C)C)c1. The van der Waals surface area contributed by atoms with E-state index in [1.165, 1.54) is 12.1 Å². The topological polar surface area (TPSA) is 159 Å². The van der Waals surface area contributed by atoms with Crippen molar-refractivity contribution in [2.24, 2.45) is 23.0 Å². The van der Waals surface area contributed by atoms with E-state index in [9.17, 15) is 19.2 Å². The van der Waals surface area contributed by atoms with Crippen molar-refractivity contribution in [2.45, 2.75) is 100 Å². The molecule has 2 unspecified atom stereocenters. The highest BCUT2D eigenvalue weighted by atomic mass is 16.8.